The van der Waals surface area contributed by atoms with Crippen molar-refractivity contribution in [1.29, 1.82) is 0 Å². The second kappa shape index (κ2) is 6.71. The molecule has 8 nitrogen and oxygen atoms in total. The molecule has 2 N–H and O–H groups in total. The molecule has 1 aromatic heterocycles. The number of nitrogens with two attached hydrogens (primary N) is 1. The van der Waals surface area contributed by atoms with Crippen molar-refractivity contribution in [1.82, 2.24) is 8.87 Å². The summed E-state index contributed by atoms with van der Waals surface area (Å²) in [6.07, 6.45) is 2.54. The van der Waals surface area contributed by atoms with Crippen molar-refractivity contribution in [2.24, 2.45) is 18.7 Å². The summed E-state index contributed by atoms with van der Waals surface area (Å²) in [6, 6.07) is 1.26. The predicted octanol–water partition coefficient (Wildman–Crippen LogP) is 0.0878. The van der Waals surface area contributed by atoms with E-state index >= 15 is 0 Å². The van der Waals surface area contributed by atoms with Gasteiger partial charge in [-0.25, -0.2) is 8.42 Å². The van der Waals surface area contributed by atoms with Gasteiger partial charge in [0.25, 0.3) is 5.91 Å². The number of amides is 1. The van der Waals surface area contributed by atoms with Crippen molar-refractivity contribution < 1.29 is 22.7 Å². The largest absolute Gasteiger partial charge is 0.466 e. The number of hydrogen-bond donors (Lipinski definition) is 1. The Labute approximate surface area is 135 Å². The molecule has 1 aliphatic rings. The van der Waals surface area contributed by atoms with Crippen LogP contribution >= 0.6 is 0 Å². The molecule has 1 amide bonds. The van der Waals surface area contributed by atoms with Crippen LogP contribution in [-0.2, 0) is 26.6 Å². The molecular formula is C14H21N3O5S. The predicted molar refractivity (Wildman–Crippen MR) is 82.0 cm³/mol. The van der Waals surface area contributed by atoms with Gasteiger partial charge in [-0.2, -0.15) is 4.31 Å². The van der Waals surface area contributed by atoms with E-state index in [1.54, 1.807) is 14.0 Å². The summed E-state index contributed by atoms with van der Waals surface area (Å²) in [6.45, 7) is 2.40. The number of aromatic nitrogens is 1. The van der Waals surface area contributed by atoms with Crippen molar-refractivity contribution >= 4 is 21.9 Å². The van der Waals surface area contributed by atoms with Gasteiger partial charge in [-0.15, -0.1) is 0 Å². The quantitative estimate of drug-likeness (QED) is 0.762. The number of carbonyl (C=O) groups excluding carboxylic acids is 2. The Morgan fingerprint density at radius 2 is 2.13 bits per heavy atom. The zero-order valence-electron chi connectivity index (χ0n) is 13.2. The van der Waals surface area contributed by atoms with Crippen LogP contribution in [0.25, 0.3) is 0 Å². The number of ether oxygens (including phenoxy) is 1. The fraction of sp³-hybridized carbons (Fsp3) is 0.571. The van der Waals surface area contributed by atoms with Gasteiger partial charge in [-0.1, -0.05) is 0 Å². The minimum atomic E-state index is -3.78. The maximum absolute atomic E-state index is 12.7. The Bertz CT molecular complexity index is 710. The van der Waals surface area contributed by atoms with Crippen molar-refractivity contribution in [3.8, 4) is 0 Å². The average Bonchev–Trinajstić information content (AvgIpc) is 2.90. The van der Waals surface area contributed by atoms with Crippen molar-refractivity contribution in [2.75, 3.05) is 19.7 Å². The maximum atomic E-state index is 12.7. The third-order valence-corrected chi connectivity index (χ3v) is 5.70. The molecule has 9 heteroatoms. The van der Waals surface area contributed by atoms with E-state index in [0.29, 0.717) is 19.4 Å². The van der Waals surface area contributed by atoms with Gasteiger partial charge in [0.05, 0.1) is 12.5 Å². The van der Waals surface area contributed by atoms with Crippen LogP contribution < -0.4 is 5.73 Å². The third kappa shape index (κ3) is 3.56. The van der Waals surface area contributed by atoms with E-state index < -0.39 is 21.8 Å². The van der Waals surface area contributed by atoms with Crippen LogP contribution in [0, 0.1) is 5.92 Å². The van der Waals surface area contributed by atoms with E-state index in [1.807, 2.05) is 0 Å². The molecule has 2 rings (SSSR count). The second-order valence-corrected chi connectivity index (χ2v) is 7.43. The Kier molecular flexibility index (Phi) is 5.10. The first-order valence-electron chi connectivity index (χ1n) is 7.40. The smallest absolute Gasteiger partial charge is 0.310 e. The van der Waals surface area contributed by atoms with Gasteiger partial charge in [0.1, 0.15) is 10.6 Å². The van der Waals surface area contributed by atoms with Crippen LogP contribution in [-0.4, -0.2) is 48.9 Å². The first kappa shape index (κ1) is 17.5. The molecule has 1 fully saturated rings. The van der Waals surface area contributed by atoms with Crippen LogP contribution in [0.2, 0.25) is 0 Å². The molecule has 128 valence electrons. The van der Waals surface area contributed by atoms with Gasteiger partial charge in [-0.05, 0) is 25.8 Å². The summed E-state index contributed by atoms with van der Waals surface area (Å²) >= 11 is 0. The SMILES string of the molecule is CCOC(=O)C1CCCN(S(=O)(=O)c2cc(C(N)=O)n(C)c2)C1. The molecule has 23 heavy (non-hydrogen) atoms. The van der Waals surface area contributed by atoms with Crippen LogP contribution in [0.4, 0.5) is 0 Å². The topological polar surface area (TPSA) is 112 Å². The number of sulfonamides is 1. The minimum absolute atomic E-state index is 0.00157. The van der Waals surface area contributed by atoms with Crippen LogP contribution in [0.1, 0.15) is 30.3 Å². The molecule has 0 radical (unpaired) electrons. The number of carbonyl (C=O) groups is 2. The van der Waals surface area contributed by atoms with Gasteiger partial charge >= 0.3 is 5.97 Å². The fourth-order valence-corrected chi connectivity index (χ4v) is 4.28. The lowest BCUT2D eigenvalue weighted by Crippen LogP contribution is -2.42. The molecular weight excluding hydrogens is 322 g/mol. The molecule has 0 aliphatic carbocycles. The summed E-state index contributed by atoms with van der Waals surface area (Å²) in [4.78, 5) is 23.1. The molecule has 1 aliphatic heterocycles. The van der Waals surface area contributed by atoms with E-state index in [0.717, 1.165) is 0 Å². The zero-order chi connectivity index (χ0) is 17.2. The van der Waals surface area contributed by atoms with Crippen molar-refractivity contribution in [3.63, 3.8) is 0 Å². The molecule has 1 atom stereocenters. The Balaban J connectivity index is 2.23. The normalized spacial score (nSPS) is 19.5. The fourth-order valence-electron chi connectivity index (χ4n) is 2.68. The minimum Gasteiger partial charge on any atom is -0.466 e. The van der Waals surface area contributed by atoms with Gasteiger partial charge in [0.15, 0.2) is 0 Å². The second-order valence-electron chi connectivity index (χ2n) is 5.49. The highest BCUT2D eigenvalue weighted by Gasteiger charge is 2.34. The highest BCUT2D eigenvalue weighted by atomic mass is 32.2. The van der Waals surface area contributed by atoms with E-state index in [4.69, 9.17) is 10.5 Å². The summed E-state index contributed by atoms with van der Waals surface area (Å²) in [7, 11) is -2.23. The lowest BCUT2D eigenvalue weighted by atomic mass is 10.0. The standard InChI is InChI=1S/C14H21N3O5S/c1-3-22-14(19)10-5-4-6-17(8-10)23(20,21)11-7-12(13(15)18)16(2)9-11/h7,9-10H,3-6,8H2,1-2H3,(H2,15,18). The number of primary amides is 1. The van der Waals surface area contributed by atoms with Gasteiger partial charge in [0, 0.05) is 26.3 Å². The molecule has 0 aromatic carbocycles. The molecule has 1 saturated heterocycles. The molecule has 0 spiro atoms. The van der Waals surface area contributed by atoms with E-state index in [-0.39, 0.29) is 29.7 Å². The molecule has 0 bridgehead atoms. The number of hydrogen-bond acceptors (Lipinski definition) is 5. The van der Waals surface area contributed by atoms with Gasteiger partial charge < -0.3 is 15.0 Å². The first-order valence-corrected chi connectivity index (χ1v) is 8.84. The summed E-state index contributed by atoms with van der Waals surface area (Å²) in [5, 5.41) is 0. The van der Waals surface area contributed by atoms with Crippen molar-refractivity contribution in [2.45, 2.75) is 24.7 Å². The Morgan fingerprint density at radius 3 is 2.70 bits per heavy atom. The average molecular weight is 343 g/mol. The highest BCUT2D eigenvalue weighted by molar-refractivity contribution is 7.89. The number of rotatable bonds is 5. The maximum Gasteiger partial charge on any atom is 0.310 e. The van der Waals surface area contributed by atoms with E-state index in [1.165, 1.54) is 21.1 Å². The van der Waals surface area contributed by atoms with Crippen LogP contribution in [0.15, 0.2) is 17.2 Å². The lowest BCUT2D eigenvalue weighted by Gasteiger charge is -2.30. The molecule has 1 unspecified atom stereocenters. The zero-order valence-corrected chi connectivity index (χ0v) is 14.0. The number of aryl methyl sites for hydroxylation is 1. The summed E-state index contributed by atoms with van der Waals surface area (Å²) in [5.41, 5.74) is 5.33. The molecule has 1 aromatic rings. The van der Waals surface area contributed by atoms with Crippen LogP contribution in [0.5, 0.6) is 0 Å². The lowest BCUT2D eigenvalue weighted by molar-refractivity contribution is -0.149. The highest BCUT2D eigenvalue weighted by Crippen LogP contribution is 2.25. The van der Waals surface area contributed by atoms with Crippen molar-refractivity contribution in [3.05, 3.63) is 18.0 Å². The number of esters is 1. The Hall–Kier alpha value is -1.87. The number of piperidine rings is 1. The summed E-state index contributed by atoms with van der Waals surface area (Å²) < 4.78 is 33.0. The van der Waals surface area contributed by atoms with Gasteiger partial charge in [0.2, 0.25) is 10.0 Å². The van der Waals surface area contributed by atoms with Gasteiger partial charge in [-0.3, -0.25) is 9.59 Å². The molecule has 2 heterocycles. The first-order chi connectivity index (χ1) is 10.8. The third-order valence-electron chi connectivity index (χ3n) is 3.87. The number of nitrogens with zero attached hydrogens (tertiary/aromatic N) is 2. The van der Waals surface area contributed by atoms with E-state index in [2.05, 4.69) is 0 Å². The monoisotopic (exact) mass is 343 g/mol. The van der Waals surface area contributed by atoms with E-state index in [9.17, 15) is 18.0 Å². The Morgan fingerprint density at radius 1 is 1.43 bits per heavy atom. The summed E-state index contributed by atoms with van der Waals surface area (Å²) in [5.74, 6) is -1.53. The molecule has 0 saturated carbocycles. The van der Waals surface area contributed by atoms with Crippen LogP contribution in [0.3, 0.4) is 0 Å².